The third-order valence-electron chi connectivity index (χ3n) is 6.01. The van der Waals surface area contributed by atoms with Crippen molar-refractivity contribution >= 4 is 21.9 Å². The van der Waals surface area contributed by atoms with Crippen LogP contribution in [0.2, 0.25) is 0 Å². The largest absolute Gasteiger partial charge is 0.497 e. The lowest BCUT2D eigenvalue weighted by Crippen LogP contribution is -2.24. The maximum atomic E-state index is 14.8. The number of esters is 1. The molecule has 4 rings (SSSR count). The van der Waals surface area contributed by atoms with Gasteiger partial charge in [0.2, 0.25) is 0 Å². The highest BCUT2D eigenvalue weighted by atomic mass is 79.9. The fourth-order valence-corrected chi connectivity index (χ4v) is 4.57. The number of hydrogen-bond acceptors (Lipinski definition) is 6. The number of halogens is 2. The standard InChI is InChI=1S/C26H29BrFN3O4/c1-4-35-26(32)20-11-21(27)18(9-22(20)28)13-31(14-23-25(16-5-6-16)30-15-29-23)12-17-7-8-19(33-2)10-24(17)34-3/h7-11,15-16H,4-6,12-14H2,1-3H3,(H,29,30). The van der Waals surface area contributed by atoms with Crippen molar-refractivity contribution in [2.75, 3.05) is 20.8 Å². The van der Waals surface area contributed by atoms with Crippen LogP contribution in [-0.2, 0) is 24.4 Å². The van der Waals surface area contributed by atoms with E-state index in [0.717, 1.165) is 35.4 Å². The first-order valence-corrected chi connectivity index (χ1v) is 12.3. The minimum atomic E-state index is -0.677. The maximum Gasteiger partial charge on any atom is 0.341 e. The summed E-state index contributed by atoms with van der Waals surface area (Å²) in [6, 6.07) is 8.59. The van der Waals surface area contributed by atoms with Crippen molar-refractivity contribution in [1.82, 2.24) is 14.9 Å². The first kappa shape index (κ1) is 25.2. The molecule has 0 atom stereocenters. The van der Waals surface area contributed by atoms with Gasteiger partial charge in [0.25, 0.3) is 0 Å². The summed E-state index contributed by atoms with van der Waals surface area (Å²) in [5, 5.41) is 0. The van der Waals surface area contributed by atoms with Crippen molar-refractivity contribution < 1.29 is 23.4 Å². The lowest BCUT2D eigenvalue weighted by molar-refractivity contribution is 0.0521. The Bertz CT molecular complexity index is 1200. The molecule has 1 aliphatic carbocycles. The minimum absolute atomic E-state index is 0.0876. The Morgan fingerprint density at radius 1 is 1.14 bits per heavy atom. The van der Waals surface area contributed by atoms with Crippen LogP contribution in [0, 0.1) is 5.82 Å². The normalized spacial score (nSPS) is 13.2. The molecule has 1 aliphatic rings. The van der Waals surface area contributed by atoms with Crippen molar-refractivity contribution in [2.45, 2.75) is 45.3 Å². The molecule has 0 saturated heterocycles. The Labute approximate surface area is 212 Å². The lowest BCUT2D eigenvalue weighted by atomic mass is 10.1. The van der Waals surface area contributed by atoms with E-state index in [1.165, 1.54) is 12.1 Å². The zero-order chi connectivity index (χ0) is 24.9. The van der Waals surface area contributed by atoms with Crippen LogP contribution in [0.4, 0.5) is 4.39 Å². The van der Waals surface area contributed by atoms with Crippen LogP contribution in [0.3, 0.4) is 0 Å². The molecule has 0 spiro atoms. The third-order valence-corrected chi connectivity index (χ3v) is 6.75. The highest BCUT2D eigenvalue weighted by Crippen LogP contribution is 2.40. The first-order valence-electron chi connectivity index (χ1n) is 11.5. The number of aromatic nitrogens is 2. The van der Waals surface area contributed by atoms with Crippen molar-refractivity contribution in [3.8, 4) is 11.5 Å². The van der Waals surface area contributed by atoms with Gasteiger partial charge in [-0.25, -0.2) is 14.2 Å². The van der Waals surface area contributed by atoms with Gasteiger partial charge in [-0.15, -0.1) is 0 Å². The van der Waals surface area contributed by atoms with Crippen LogP contribution in [0.1, 0.15) is 58.6 Å². The van der Waals surface area contributed by atoms with Crippen LogP contribution in [0.5, 0.6) is 11.5 Å². The van der Waals surface area contributed by atoms with E-state index in [9.17, 15) is 9.18 Å². The van der Waals surface area contributed by atoms with Crippen molar-refractivity contribution in [3.05, 3.63) is 75.0 Å². The Hall–Kier alpha value is -2.91. The van der Waals surface area contributed by atoms with Gasteiger partial charge in [-0.1, -0.05) is 22.0 Å². The van der Waals surface area contributed by atoms with E-state index in [4.69, 9.17) is 14.2 Å². The number of nitrogens with zero attached hydrogens (tertiary/aromatic N) is 2. The highest BCUT2D eigenvalue weighted by Gasteiger charge is 2.29. The molecule has 1 aromatic heterocycles. The number of benzene rings is 2. The second-order valence-electron chi connectivity index (χ2n) is 8.51. The summed E-state index contributed by atoms with van der Waals surface area (Å²) in [4.78, 5) is 22.1. The van der Waals surface area contributed by atoms with E-state index >= 15 is 0 Å². The van der Waals surface area contributed by atoms with Gasteiger partial charge < -0.3 is 19.2 Å². The predicted octanol–water partition coefficient (Wildman–Crippen LogP) is 5.59. The Morgan fingerprint density at radius 2 is 1.91 bits per heavy atom. The fourth-order valence-electron chi connectivity index (χ4n) is 4.10. The molecule has 7 nitrogen and oxygen atoms in total. The second-order valence-corrected chi connectivity index (χ2v) is 9.36. The number of hydrogen-bond donors (Lipinski definition) is 1. The average molecular weight is 546 g/mol. The fraction of sp³-hybridized carbons (Fsp3) is 0.385. The van der Waals surface area contributed by atoms with Crippen molar-refractivity contribution in [1.29, 1.82) is 0 Å². The number of rotatable bonds is 11. The lowest BCUT2D eigenvalue weighted by Gasteiger charge is -2.24. The van der Waals surface area contributed by atoms with E-state index in [1.54, 1.807) is 27.5 Å². The van der Waals surface area contributed by atoms with Gasteiger partial charge in [-0.05, 0) is 43.5 Å². The van der Waals surface area contributed by atoms with Gasteiger partial charge in [-0.2, -0.15) is 0 Å². The molecule has 35 heavy (non-hydrogen) atoms. The summed E-state index contributed by atoms with van der Waals surface area (Å²) in [6.07, 6.45) is 4.03. The summed E-state index contributed by atoms with van der Waals surface area (Å²) in [5.74, 6) is 0.638. The van der Waals surface area contributed by atoms with E-state index < -0.39 is 11.8 Å². The average Bonchev–Trinajstić information content (AvgIpc) is 3.59. The third kappa shape index (κ3) is 6.02. The van der Waals surface area contributed by atoms with Crippen molar-refractivity contribution in [3.63, 3.8) is 0 Å². The van der Waals surface area contributed by atoms with Gasteiger partial charge in [0.15, 0.2) is 0 Å². The maximum absolute atomic E-state index is 14.8. The molecule has 1 fully saturated rings. The molecule has 0 aliphatic heterocycles. The van der Waals surface area contributed by atoms with Crippen LogP contribution in [0.15, 0.2) is 41.1 Å². The number of carbonyl (C=O) groups excluding carboxylic acids is 1. The highest BCUT2D eigenvalue weighted by molar-refractivity contribution is 9.10. The molecular weight excluding hydrogens is 517 g/mol. The Morgan fingerprint density at radius 3 is 2.60 bits per heavy atom. The van der Waals surface area contributed by atoms with Crippen LogP contribution >= 0.6 is 15.9 Å². The molecule has 0 bridgehead atoms. The summed E-state index contributed by atoms with van der Waals surface area (Å²) >= 11 is 3.52. The van der Waals surface area contributed by atoms with E-state index in [1.807, 2.05) is 18.2 Å². The van der Waals surface area contributed by atoms with Gasteiger partial charge >= 0.3 is 5.97 Å². The number of ether oxygens (including phenoxy) is 3. The Balaban J connectivity index is 1.63. The van der Waals surface area contributed by atoms with Gasteiger partial charge in [-0.3, -0.25) is 4.90 Å². The summed E-state index contributed by atoms with van der Waals surface area (Å²) in [5.41, 5.74) is 3.76. The smallest absolute Gasteiger partial charge is 0.341 e. The van der Waals surface area contributed by atoms with Crippen LogP contribution < -0.4 is 9.47 Å². The molecule has 1 heterocycles. The molecule has 0 amide bonds. The number of methoxy groups -OCH3 is 2. The molecule has 1 saturated carbocycles. The zero-order valence-electron chi connectivity index (χ0n) is 20.1. The number of H-pyrrole nitrogens is 1. The van der Waals surface area contributed by atoms with E-state index in [2.05, 4.69) is 30.8 Å². The predicted molar refractivity (Wildman–Crippen MR) is 133 cm³/mol. The molecular formula is C26H29BrFN3O4. The SMILES string of the molecule is CCOC(=O)c1cc(Br)c(CN(Cc2ccc(OC)cc2OC)Cc2[nH]cnc2C2CC2)cc1F. The molecule has 2 aromatic carbocycles. The number of nitrogens with one attached hydrogen (secondary N) is 1. The Kier molecular flexibility index (Phi) is 8.07. The van der Waals surface area contributed by atoms with E-state index in [0.29, 0.717) is 41.5 Å². The van der Waals surface area contributed by atoms with Crippen LogP contribution in [0.25, 0.3) is 0 Å². The van der Waals surface area contributed by atoms with Gasteiger partial charge in [0.1, 0.15) is 17.3 Å². The summed E-state index contributed by atoms with van der Waals surface area (Å²) in [7, 11) is 3.24. The molecule has 186 valence electrons. The molecule has 0 unspecified atom stereocenters. The molecule has 1 N–H and O–H groups in total. The number of aromatic amines is 1. The van der Waals surface area contributed by atoms with Crippen LogP contribution in [-0.4, -0.2) is 41.7 Å². The van der Waals surface area contributed by atoms with Gasteiger partial charge in [0, 0.05) is 41.7 Å². The molecule has 9 heteroatoms. The minimum Gasteiger partial charge on any atom is -0.497 e. The first-order chi connectivity index (χ1) is 16.9. The number of carbonyl (C=O) groups is 1. The quantitative estimate of drug-likeness (QED) is 0.317. The number of imidazole rings is 1. The topological polar surface area (TPSA) is 76.7 Å². The van der Waals surface area contributed by atoms with Gasteiger partial charge in [0.05, 0.1) is 44.1 Å². The monoisotopic (exact) mass is 545 g/mol. The molecule has 0 radical (unpaired) electrons. The molecule has 3 aromatic rings. The van der Waals surface area contributed by atoms with Crippen molar-refractivity contribution in [2.24, 2.45) is 0 Å². The summed E-state index contributed by atoms with van der Waals surface area (Å²) < 4.78 is 31.4. The second kappa shape index (κ2) is 11.2. The zero-order valence-corrected chi connectivity index (χ0v) is 21.7. The summed E-state index contributed by atoms with van der Waals surface area (Å²) in [6.45, 7) is 3.44. The van der Waals surface area contributed by atoms with E-state index in [-0.39, 0.29) is 12.2 Å².